The molecule has 2 aromatic rings. The van der Waals surface area contributed by atoms with E-state index in [0.717, 1.165) is 42.5 Å². The summed E-state index contributed by atoms with van der Waals surface area (Å²) in [6.45, 7) is 2.08. The molecule has 1 N–H and O–H groups in total. The maximum Gasteiger partial charge on any atom is 0.123 e. The first-order chi connectivity index (χ1) is 14.6. The lowest BCUT2D eigenvalue weighted by molar-refractivity contribution is -0.0366. The lowest BCUT2D eigenvalue weighted by Crippen LogP contribution is -2.52. The molecule has 6 heteroatoms. The maximum absolute atomic E-state index is 13.5. The van der Waals surface area contributed by atoms with E-state index in [1.165, 1.54) is 24.3 Å². The Bertz CT molecular complexity index is 824. The highest BCUT2D eigenvalue weighted by Crippen LogP contribution is 2.39. The molecule has 0 saturated carbocycles. The van der Waals surface area contributed by atoms with E-state index in [1.807, 2.05) is 0 Å². The van der Waals surface area contributed by atoms with Gasteiger partial charge in [-0.25, -0.2) is 8.78 Å². The fraction of sp³-hybridized carbons (Fsp3) is 0.458. The first-order valence-corrected chi connectivity index (χ1v) is 10.6. The van der Waals surface area contributed by atoms with Crippen molar-refractivity contribution in [1.82, 2.24) is 5.32 Å². The molecule has 160 valence electrons. The van der Waals surface area contributed by atoms with Crippen molar-refractivity contribution >= 4 is 5.71 Å². The predicted octanol–water partition coefficient (Wildman–Crippen LogP) is 4.99. The number of hydrogen-bond acceptors (Lipinski definition) is 4. The van der Waals surface area contributed by atoms with Crippen LogP contribution in [0.3, 0.4) is 0 Å². The Morgan fingerprint density at radius 2 is 1.63 bits per heavy atom. The number of nitrogens with zero attached hydrogens (tertiary/aromatic N) is 1. The normalized spacial score (nSPS) is 26.2. The van der Waals surface area contributed by atoms with Crippen molar-refractivity contribution in [1.29, 1.82) is 0 Å². The molecule has 2 saturated heterocycles. The van der Waals surface area contributed by atoms with E-state index < -0.39 is 6.10 Å². The first-order valence-electron chi connectivity index (χ1n) is 10.6. The molecule has 4 rings (SSSR count). The summed E-state index contributed by atoms with van der Waals surface area (Å²) in [6, 6.07) is 13.4. The summed E-state index contributed by atoms with van der Waals surface area (Å²) in [4.78, 5) is 5.12. The van der Waals surface area contributed by atoms with Crippen LogP contribution in [0.2, 0.25) is 0 Å². The van der Waals surface area contributed by atoms with Gasteiger partial charge in [-0.3, -0.25) is 0 Å². The summed E-state index contributed by atoms with van der Waals surface area (Å²) >= 11 is 0. The number of ether oxygens (including phenoxy) is 1. The van der Waals surface area contributed by atoms with Crippen LogP contribution in [0.5, 0.6) is 0 Å². The van der Waals surface area contributed by atoms with Gasteiger partial charge >= 0.3 is 0 Å². The largest absolute Gasteiger partial charge is 0.399 e. The zero-order valence-corrected chi connectivity index (χ0v) is 17.4. The Kier molecular flexibility index (Phi) is 6.44. The molecule has 2 fully saturated rings. The molecule has 2 heterocycles. The van der Waals surface area contributed by atoms with Crippen molar-refractivity contribution in [2.75, 3.05) is 7.11 Å². The lowest BCUT2D eigenvalue weighted by atomic mass is 9.83. The van der Waals surface area contributed by atoms with Crippen molar-refractivity contribution < 1.29 is 18.4 Å². The van der Waals surface area contributed by atoms with Crippen LogP contribution < -0.4 is 5.32 Å². The number of fused-ring (bicyclic) bond motifs is 2. The van der Waals surface area contributed by atoms with Crippen LogP contribution in [0, 0.1) is 17.6 Å². The van der Waals surface area contributed by atoms with Gasteiger partial charge in [0.15, 0.2) is 0 Å². The molecule has 1 unspecified atom stereocenters. The van der Waals surface area contributed by atoms with Crippen LogP contribution in [0.25, 0.3) is 0 Å². The molecule has 0 aromatic heterocycles. The van der Waals surface area contributed by atoms with Gasteiger partial charge < -0.3 is 14.9 Å². The molecular formula is C24H28F2N2O2. The minimum atomic E-state index is -0.420. The van der Waals surface area contributed by atoms with Crippen LogP contribution in [-0.2, 0) is 9.57 Å². The fourth-order valence-electron chi connectivity index (χ4n) is 4.87. The Hall–Kier alpha value is -2.31. The molecule has 0 radical (unpaired) electrons. The van der Waals surface area contributed by atoms with Gasteiger partial charge in [0.1, 0.15) is 24.8 Å². The van der Waals surface area contributed by atoms with Crippen LogP contribution in [-0.4, -0.2) is 31.0 Å². The molecule has 0 spiro atoms. The average Bonchev–Trinajstić information content (AvgIpc) is 3.14. The van der Waals surface area contributed by atoms with E-state index in [0.29, 0.717) is 12.1 Å². The monoisotopic (exact) mass is 414 g/mol. The van der Waals surface area contributed by atoms with Gasteiger partial charge in [-0.1, -0.05) is 36.3 Å². The molecule has 4 nitrogen and oxygen atoms in total. The standard InChI is InChI=1S/C24H28F2N2O2/c1-3-20(28-29-2)23-21-13-12-19(27-21)14-22(23)30-24(15-4-8-17(25)9-5-15)16-6-10-18(26)11-7-16/h4-11,19,21-24,27H,3,12-14H2,1-2H3/t19?,21-,22-,23-/m1/s1. The van der Waals surface area contributed by atoms with E-state index in [-0.39, 0.29) is 23.7 Å². The quantitative estimate of drug-likeness (QED) is 0.513. The molecular weight excluding hydrogens is 386 g/mol. The summed E-state index contributed by atoms with van der Waals surface area (Å²) in [5.74, 6) is -0.498. The Morgan fingerprint density at radius 3 is 2.17 bits per heavy atom. The highest BCUT2D eigenvalue weighted by Gasteiger charge is 2.45. The van der Waals surface area contributed by atoms with Crippen molar-refractivity contribution in [3.05, 3.63) is 71.3 Å². The minimum absolute atomic E-state index is 0.0716. The van der Waals surface area contributed by atoms with E-state index in [2.05, 4.69) is 17.4 Å². The molecule has 30 heavy (non-hydrogen) atoms. The number of halogens is 2. The Balaban J connectivity index is 1.68. The smallest absolute Gasteiger partial charge is 0.123 e. The van der Waals surface area contributed by atoms with Crippen molar-refractivity contribution in [2.45, 2.75) is 56.9 Å². The third-order valence-corrected chi connectivity index (χ3v) is 6.24. The first kappa shape index (κ1) is 20.9. The summed E-state index contributed by atoms with van der Waals surface area (Å²) in [5, 5.41) is 8.00. The number of rotatable bonds is 7. The van der Waals surface area contributed by atoms with Gasteiger partial charge in [0.25, 0.3) is 0 Å². The van der Waals surface area contributed by atoms with Crippen LogP contribution in [0.1, 0.15) is 49.8 Å². The van der Waals surface area contributed by atoms with Crippen LogP contribution in [0.15, 0.2) is 53.7 Å². The van der Waals surface area contributed by atoms with Crippen molar-refractivity contribution in [3.63, 3.8) is 0 Å². The number of benzene rings is 2. The molecule has 2 aliphatic heterocycles. The maximum atomic E-state index is 13.5. The zero-order valence-electron chi connectivity index (χ0n) is 17.4. The number of hydrogen-bond donors (Lipinski definition) is 1. The number of oxime groups is 1. The third-order valence-electron chi connectivity index (χ3n) is 6.24. The van der Waals surface area contributed by atoms with Gasteiger partial charge in [-0.15, -0.1) is 0 Å². The topological polar surface area (TPSA) is 42.9 Å². The molecule has 2 aliphatic rings. The summed E-state index contributed by atoms with van der Waals surface area (Å²) in [6.07, 6.45) is 3.34. The second-order valence-electron chi connectivity index (χ2n) is 8.09. The second-order valence-corrected chi connectivity index (χ2v) is 8.09. The van der Waals surface area contributed by atoms with Gasteiger partial charge in [0.2, 0.25) is 0 Å². The third kappa shape index (κ3) is 4.40. The zero-order chi connectivity index (χ0) is 21.1. The Labute approximate surface area is 176 Å². The van der Waals surface area contributed by atoms with Crippen molar-refractivity contribution in [3.8, 4) is 0 Å². The summed E-state index contributed by atoms with van der Waals surface area (Å²) < 4.78 is 33.8. The number of piperidine rings is 1. The molecule has 2 aromatic carbocycles. The van der Waals surface area contributed by atoms with Gasteiger partial charge in [-0.05, 0) is 61.1 Å². The van der Waals surface area contributed by atoms with Gasteiger partial charge in [0.05, 0.1) is 11.8 Å². The van der Waals surface area contributed by atoms with Gasteiger partial charge in [-0.2, -0.15) is 0 Å². The van der Waals surface area contributed by atoms with E-state index in [1.54, 1.807) is 31.4 Å². The summed E-state index contributed by atoms with van der Waals surface area (Å²) in [7, 11) is 1.57. The predicted molar refractivity (Wildman–Crippen MR) is 112 cm³/mol. The molecule has 2 bridgehead atoms. The SMILES string of the molecule is CCC(=NOC)[C@@H]1[C@H]2CCC(C[C@H]1OC(c1ccc(F)cc1)c1ccc(F)cc1)N2. The van der Waals surface area contributed by atoms with Gasteiger partial charge in [0, 0.05) is 18.0 Å². The molecule has 0 aliphatic carbocycles. The lowest BCUT2D eigenvalue weighted by Gasteiger charge is -2.39. The molecule has 4 atom stereocenters. The highest BCUT2D eigenvalue weighted by atomic mass is 19.1. The summed E-state index contributed by atoms with van der Waals surface area (Å²) in [5.41, 5.74) is 2.67. The number of nitrogens with one attached hydrogen (secondary N) is 1. The van der Waals surface area contributed by atoms with Crippen molar-refractivity contribution in [2.24, 2.45) is 11.1 Å². The second kappa shape index (κ2) is 9.23. The van der Waals surface area contributed by atoms with E-state index in [9.17, 15) is 8.78 Å². The Morgan fingerprint density at radius 1 is 1.03 bits per heavy atom. The average molecular weight is 414 g/mol. The van der Waals surface area contributed by atoms with E-state index in [4.69, 9.17) is 9.57 Å². The van der Waals surface area contributed by atoms with Crippen LogP contribution >= 0.6 is 0 Å². The minimum Gasteiger partial charge on any atom is -0.399 e. The fourth-order valence-corrected chi connectivity index (χ4v) is 4.87. The molecule has 0 amide bonds. The van der Waals surface area contributed by atoms with E-state index >= 15 is 0 Å². The highest BCUT2D eigenvalue weighted by molar-refractivity contribution is 5.87. The van der Waals surface area contributed by atoms with Crippen LogP contribution in [0.4, 0.5) is 8.78 Å².